The van der Waals surface area contributed by atoms with Crippen molar-refractivity contribution in [3.05, 3.63) is 22.4 Å². The van der Waals surface area contributed by atoms with Crippen molar-refractivity contribution in [3.8, 4) is 11.8 Å². The van der Waals surface area contributed by atoms with Gasteiger partial charge in [0.15, 0.2) is 0 Å². The van der Waals surface area contributed by atoms with Gasteiger partial charge in [0.25, 0.3) is 0 Å². The molecular formula is C8H7BrN2O. The van der Waals surface area contributed by atoms with Gasteiger partial charge in [-0.15, -0.1) is 0 Å². The van der Waals surface area contributed by atoms with Crippen molar-refractivity contribution in [1.82, 2.24) is 4.98 Å². The summed E-state index contributed by atoms with van der Waals surface area (Å²) in [5, 5.41) is 8.41. The third kappa shape index (κ3) is 1.95. The van der Waals surface area contributed by atoms with Crippen molar-refractivity contribution in [2.75, 3.05) is 7.11 Å². The first-order valence-electron chi connectivity index (χ1n) is 3.33. The highest BCUT2D eigenvalue weighted by Crippen LogP contribution is 2.23. The molecule has 0 unspecified atom stereocenters. The number of methoxy groups -OCH3 is 1. The van der Waals surface area contributed by atoms with Gasteiger partial charge in [-0.1, -0.05) is 0 Å². The fraction of sp³-hybridized carbons (Fsp3) is 0.250. The maximum atomic E-state index is 8.41. The molecule has 4 heteroatoms. The minimum atomic E-state index is 0.309. The van der Waals surface area contributed by atoms with Gasteiger partial charge in [-0.2, -0.15) is 5.26 Å². The van der Waals surface area contributed by atoms with Gasteiger partial charge in [-0.05, 0) is 15.9 Å². The van der Waals surface area contributed by atoms with Gasteiger partial charge >= 0.3 is 0 Å². The Labute approximate surface area is 79.1 Å². The van der Waals surface area contributed by atoms with E-state index in [1.807, 2.05) is 6.07 Å². The number of nitrogens with zero attached hydrogens (tertiary/aromatic N) is 2. The molecule has 0 aliphatic heterocycles. The van der Waals surface area contributed by atoms with Crippen LogP contribution < -0.4 is 4.74 Å². The van der Waals surface area contributed by atoms with Crippen molar-refractivity contribution in [3.63, 3.8) is 0 Å². The Morgan fingerprint density at radius 2 is 2.50 bits per heavy atom. The Morgan fingerprint density at radius 3 is 3.08 bits per heavy atom. The van der Waals surface area contributed by atoms with Crippen LogP contribution in [0.5, 0.6) is 5.75 Å². The van der Waals surface area contributed by atoms with E-state index in [0.717, 1.165) is 10.2 Å². The van der Waals surface area contributed by atoms with E-state index in [2.05, 4.69) is 20.9 Å². The van der Waals surface area contributed by atoms with E-state index in [9.17, 15) is 0 Å². The molecule has 0 atom stereocenters. The Balaban J connectivity index is 2.98. The molecule has 0 aromatic carbocycles. The first-order chi connectivity index (χ1) is 5.77. The van der Waals surface area contributed by atoms with Crippen molar-refractivity contribution < 1.29 is 4.74 Å². The van der Waals surface area contributed by atoms with E-state index in [1.54, 1.807) is 19.4 Å². The molecule has 0 saturated carbocycles. The summed E-state index contributed by atoms with van der Waals surface area (Å²) < 4.78 is 5.83. The number of hydrogen-bond acceptors (Lipinski definition) is 3. The van der Waals surface area contributed by atoms with Crippen LogP contribution >= 0.6 is 15.9 Å². The second kappa shape index (κ2) is 4.07. The zero-order valence-electron chi connectivity index (χ0n) is 6.54. The third-order valence-electron chi connectivity index (χ3n) is 1.36. The smallest absolute Gasteiger partial charge is 0.136 e. The van der Waals surface area contributed by atoms with E-state index in [4.69, 9.17) is 10.00 Å². The number of nitriles is 1. The van der Waals surface area contributed by atoms with Crippen LogP contribution in [0.25, 0.3) is 0 Å². The number of ether oxygens (including phenoxy) is 1. The van der Waals surface area contributed by atoms with E-state index in [-0.39, 0.29) is 0 Å². The van der Waals surface area contributed by atoms with Gasteiger partial charge in [0.2, 0.25) is 0 Å². The summed E-state index contributed by atoms with van der Waals surface area (Å²) in [5.74, 6) is 0.704. The lowest BCUT2D eigenvalue weighted by Crippen LogP contribution is -1.91. The number of aromatic nitrogens is 1. The van der Waals surface area contributed by atoms with Gasteiger partial charge < -0.3 is 4.74 Å². The summed E-state index contributed by atoms with van der Waals surface area (Å²) in [6.45, 7) is 0. The molecule has 1 aromatic heterocycles. The summed E-state index contributed by atoms with van der Waals surface area (Å²) >= 11 is 3.27. The van der Waals surface area contributed by atoms with Crippen molar-refractivity contribution >= 4 is 15.9 Å². The molecule has 0 spiro atoms. The van der Waals surface area contributed by atoms with Gasteiger partial charge in [0, 0.05) is 12.3 Å². The number of halogens is 1. The van der Waals surface area contributed by atoms with E-state index in [1.165, 1.54) is 0 Å². The molecular weight excluding hydrogens is 220 g/mol. The fourth-order valence-electron chi connectivity index (χ4n) is 0.795. The normalized spacial score (nSPS) is 9.08. The highest BCUT2D eigenvalue weighted by atomic mass is 79.9. The minimum Gasteiger partial charge on any atom is -0.495 e. The summed E-state index contributed by atoms with van der Waals surface area (Å²) in [7, 11) is 1.58. The Bertz CT molecular complexity index is 319. The number of pyridine rings is 1. The largest absolute Gasteiger partial charge is 0.495 e. The zero-order chi connectivity index (χ0) is 8.97. The first-order valence-corrected chi connectivity index (χ1v) is 4.12. The highest BCUT2D eigenvalue weighted by molar-refractivity contribution is 9.10. The third-order valence-corrected chi connectivity index (χ3v) is 1.95. The molecule has 0 aliphatic rings. The van der Waals surface area contributed by atoms with Crippen LogP contribution in [-0.4, -0.2) is 12.1 Å². The van der Waals surface area contributed by atoms with Gasteiger partial charge in [-0.3, -0.25) is 4.98 Å². The molecule has 1 rings (SSSR count). The molecule has 62 valence electrons. The zero-order valence-corrected chi connectivity index (χ0v) is 8.13. The van der Waals surface area contributed by atoms with Crippen LogP contribution in [0.3, 0.4) is 0 Å². The summed E-state index contributed by atoms with van der Waals surface area (Å²) in [4.78, 5) is 4.03. The van der Waals surface area contributed by atoms with Crippen LogP contribution in [0.4, 0.5) is 0 Å². The molecule has 0 fully saturated rings. The molecule has 0 amide bonds. The predicted molar refractivity (Wildman–Crippen MR) is 47.8 cm³/mol. The Kier molecular flexibility index (Phi) is 3.06. The van der Waals surface area contributed by atoms with E-state index >= 15 is 0 Å². The number of hydrogen-bond donors (Lipinski definition) is 0. The van der Waals surface area contributed by atoms with Crippen LogP contribution in [-0.2, 0) is 6.42 Å². The van der Waals surface area contributed by atoms with Crippen molar-refractivity contribution in [2.45, 2.75) is 6.42 Å². The average Bonchev–Trinajstić information content (AvgIpc) is 2.09. The maximum absolute atomic E-state index is 8.41. The highest BCUT2D eigenvalue weighted by Gasteiger charge is 2.01. The molecule has 3 nitrogen and oxygen atoms in total. The molecule has 0 bridgehead atoms. The maximum Gasteiger partial charge on any atom is 0.136 e. The lowest BCUT2D eigenvalue weighted by atomic mass is 10.3. The summed E-state index contributed by atoms with van der Waals surface area (Å²) in [6, 6.07) is 3.76. The van der Waals surface area contributed by atoms with Crippen LogP contribution in [0.2, 0.25) is 0 Å². The summed E-state index contributed by atoms with van der Waals surface area (Å²) in [6.07, 6.45) is 1.94. The minimum absolute atomic E-state index is 0.309. The second-order valence-corrected chi connectivity index (χ2v) is 3.00. The Hall–Kier alpha value is -1.08. The molecule has 12 heavy (non-hydrogen) atoms. The fourth-order valence-corrected chi connectivity index (χ4v) is 1.17. The molecule has 0 aliphatic carbocycles. The molecule has 0 N–H and O–H groups in total. The standard InChI is InChI=1S/C8H7BrN2O/c1-12-8-4-6(2-3-10)11-5-7(8)9/h4-5H,2H2,1H3. The number of rotatable bonds is 2. The molecule has 0 saturated heterocycles. The summed E-state index contributed by atoms with van der Waals surface area (Å²) in [5.41, 5.74) is 0.720. The SMILES string of the molecule is COc1cc(CC#N)ncc1Br. The van der Waals surface area contributed by atoms with Crippen molar-refractivity contribution in [1.29, 1.82) is 5.26 Å². The average molecular weight is 227 g/mol. The van der Waals surface area contributed by atoms with Crippen molar-refractivity contribution in [2.24, 2.45) is 0 Å². The molecule has 0 radical (unpaired) electrons. The van der Waals surface area contributed by atoms with Gasteiger partial charge in [0.1, 0.15) is 5.75 Å². The molecule has 1 heterocycles. The molecule has 1 aromatic rings. The monoisotopic (exact) mass is 226 g/mol. The van der Waals surface area contributed by atoms with Gasteiger partial charge in [-0.25, -0.2) is 0 Å². The van der Waals surface area contributed by atoms with Crippen LogP contribution in [0, 0.1) is 11.3 Å². The lowest BCUT2D eigenvalue weighted by Gasteiger charge is -2.02. The topological polar surface area (TPSA) is 45.9 Å². The van der Waals surface area contributed by atoms with Crippen LogP contribution in [0.15, 0.2) is 16.7 Å². The second-order valence-electron chi connectivity index (χ2n) is 2.15. The van der Waals surface area contributed by atoms with Crippen LogP contribution in [0.1, 0.15) is 5.69 Å². The first kappa shape index (κ1) is 9.01. The quantitative estimate of drug-likeness (QED) is 0.775. The predicted octanol–water partition coefficient (Wildman–Crippen LogP) is 1.92. The lowest BCUT2D eigenvalue weighted by molar-refractivity contribution is 0.411. The Morgan fingerprint density at radius 1 is 1.75 bits per heavy atom. The van der Waals surface area contributed by atoms with E-state index < -0.39 is 0 Å². The van der Waals surface area contributed by atoms with Gasteiger partial charge in [0.05, 0.1) is 29.8 Å². The van der Waals surface area contributed by atoms with E-state index in [0.29, 0.717) is 12.2 Å².